The van der Waals surface area contributed by atoms with Gasteiger partial charge < -0.3 is 4.74 Å². The van der Waals surface area contributed by atoms with Gasteiger partial charge in [-0.25, -0.2) is 0 Å². The zero-order chi connectivity index (χ0) is 13.7. The van der Waals surface area contributed by atoms with Crippen LogP contribution in [-0.2, 0) is 4.74 Å². The molecular formula is C18H34O. The maximum Gasteiger partial charge on any atom is 0.0612 e. The second kappa shape index (κ2) is 7.11. The largest absolute Gasteiger partial charge is 0.378 e. The van der Waals surface area contributed by atoms with Gasteiger partial charge in [0.15, 0.2) is 0 Å². The average Bonchev–Trinajstić information content (AvgIpc) is 2.74. The molecule has 1 saturated carbocycles. The third-order valence-electron chi connectivity index (χ3n) is 5.69. The minimum absolute atomic E-state index is 0.579. The second-order valence-corrected chi connectivity index (χ2v) is 7.58. The minimum Gasteiger partial charge on any atom is -0.378 e. The van der Waals surface area contributed by atoms with Gasteiger partial charge in [-0.2, -0.15) is 0 Å². The third kappa shape index (κ3) is 4.21. The van der Waals surface area contributed by atoms with Crippen LogP contribution in [0, 0.1) is 17.3 Å². The molecule has 112 valence electrons. The van der Waals surface area contributed by atoms with Crippen molar-refractivity contribution in [2.75, 3.05) is 6.61 Å². The highest BCUT2D eigenvalue weighted by Gasteiger charge is 2.43. The molecule has 0 radical (unpaired) electrons. The summed E-state index contributed by atoms with van der Waals surface area (Å²) in [5, 5.41) is 0. The van der Waals surface area contributed by atoms with Crippen LogP contribution in [0.1, 0.15) is 85.0 Å². The van der Waals surface area contributed by atoms with E-state index in [1.54, 1.807) is 0 Å². The van der Waals surface area contributed by atoms with Crippen molar-refractivity contribution in [1.82, 2.24) is 0 Å². The zero-order valence-electron chi connectivity index (χ0n) is 13.4. The number of hydrogen-bond acceptors (Lipinski definition) is 1. The fraction of sp³-hybridized carbons (Fsp3) is 1.00. The van der Waals surface area contributed by atoms with E-state index < -0.39 is 0 Å². The van der Waals surface area contributed by atoms with Gasteiger partial charge in [-0.3, -0.25) is 0 Å². The van der Waals surface area contributed by atoms with Crippen LogP contribution >= 0.6 is 0 Å². The highest BCUT2D eigenvalue weighted by atomic mass is 16.5. The molecule has 0 aromatic carbocycles. The Bertz CT molecular complexity index is 262. The fourth-order valence-corrected chi connectivity index (χ4v) is 4.23. The number of hydrogen-bond donors (Lipinski definition) is 0. The van der Waals surface area contributed by atoms with Crippen LogP contribution < -0.4 is 0 Å². The van der Waals surface area contributed by atoms with E-state index in [9.17, 15) is 0 Å². The molecule has 1 nitrogen and oxygen atoms in total. The van der Waals surface area contributed by atoms with Gasteiger partial charge in [0.05, 0.1) is 6.10 Å². The summed E-state index contributed by atoms with van der Waals surface area (Å²) in [5.41, 5.74) is 0.579. The summed E-state index contributed by atoms with van der Waals surface area (Å²) < 4.78 is 6.02. The standard InChI is InChI=1S/C18H34O/c1-4-5-6-7-8-9-11-18(3)12-10-16-15(2)14-19-17(16)13-18/h15-17H,4-14H2,1-3H3/t15?,16?,17?,18-/m1/s1. The van der Waals surface area contributed by atoms with E-state index in [-0.39, 0.29) is 0 Å². The Balaban J connectivity index is 1.66. The molecule has 2 fully saturated rings. The van der Waals surface area contributed by atoms with Crippen molar-refractivity contribution >= 4 is 0 Å². The Morgan fingerprint density at radius 1 is 1.11 bits per heavy atom. The monoisotopic (exact) mass is 266 g/mol. The van der Waals surface area contributed by atoms with Crippen LogP contribution in [0.4, 0.5) is 0 Å². The summed E-state index contributed by atoms with van der Waals surface area (Å²) in [5.74, 6) is 1.68. The highest BCUT2D eigenvalue weighted by molar-refractivity contribution is 4.93. The van der Waals surface area contributed by atoms with E-state index in [0.717, 1.165) is 18.4 Å². The van der Waals surface area contributed by atoms with Crippen molar-refractivity contribution in [3.63, 3.8) is 0 Å². The second-order valence-electron chi connectivity index (χ2n) is 7.58. The Hall–Kier alpha value is -0.0400. The van der Waals surface area contributed by atoms with Gasteiger partial charge in [0, 0.05) is 6.61 Å². The van der Waals surface area contributed by atoms with Crippen molar-refractivity contribution < 1.29 is 4.74 Å². The van der Waals surface area contributed by atoms with Crippen molar-refractivity contribution in [3.8, 4) is 0 Å². The van der Waals surface area contributed by atoms with Crippen molar-refractivity contribution in [1.29, 1.82) is 0 Å². The summed E-state index contributed by atoms with van der Waals surface area (Å²) in [7, 11) is 0. The molecule has 3 unspecified atom stereocenters. The van der Waals surface area contributed by atoms with Crippen molar-refractivity contribution in [2.24, 2.45) is 17.3 Å². The number of ether oxygens (including phenoxy) is 1. The van der Waals surface area contributed by atoms with Crippen LogP contribution in [0.5, 0.6) is 0 Å². The molecule has 1 heterocycles. The first kappa shape index (κ1) is 15.4. The van der Waals surface area contributed by atoms with Crippen molar-refractivity contribution in [3.05, 3.63) is 0 Å². The van der Waals surface area contributed by atoms with E-state index in [0.29, 0.717) is 11.5 Å². The zero-order valence-corrected chi connectivity index (χ0v) is 13.4. The van der Waals surface area contributed by atoms with Crippen LogP contribution in [0.15, 0.2) is 0 Å². The SMILES string of the molecule is CCCCCCCC[C@]1(C)CCC2C(C)COC2C1. The van der Waals surface area contributed by atoms with Gasteiger partial charge >= 0.3 is 0 Å². The summed E-state index contributed by atoms with van der Waals surface area (Å²) in [6, 6.07) is 0. The van der Waals surface area contributed by atoms with E-state index in [1.807, 2.05) is 0 Å². The average molecular weight is 266 g/mol. The lowest BCUT2D eigenvalue weighted by Gasteiger charge is -2.40. The Morgan fingerprint density at radius 3 is 2.63 bits per heavy atom. The lowest BCUT2D eigenvalue weighted by molar-refractivity contribution is 0.00933. The van der Waals surface area contributed by atoms with Crippen LogP contribution in [0.25, 0.3) is 0 Å². The number of unbranched alkanes of at least 4 members (excludes halogenated alkanes) is 5. The quantitative estimate of drug-likeness (QED) is 0.547. The molecule has 19 heavy (non-hydrogen) atoms. The normalized spacial score (nSPS) is 38.4. The maximum atomic E-state index is 6.02. The molecule has 0 amide bonds. The van der Waals surface area contributed by atoms with Crippen LogP contribution in [-0.4, -0.2) is 12.7 Å². The maximum absolute atomic E-state index is 6.02. The summed E-state index contributed by atoms with van der Waals surface area (Å²) in [6.45, 7) is 8.20. The molecule has 0 bridgehead atoms. The number of fused-ring (bicyclic) bond motifs is 1. The molecule has 1 saturated heterocycles. The van der Waals surface area contributed by atoms with E-state index >= 15 is 0 Å². The lowest BCUT2D eigenvalue weighted by atomic mass is 9.66. The topological polar surface area (TPSA) is 9.23 Å². The number of rotatable bonds is 7. The third-order valence-corrected chi connectivity index (χ3v) is 5.69. The smallest absolute Gasteiger partial charge is 0.0612 e. The van der Waals surface area contributed by atoms with Crippen molar-refractivity contribution in [2.45, 2.75) is 91.1 Å². The molecule has 1 heteroatoms. The molecule has 1 aliphatic carbocycles. The predicted molar refractivity (Wildman–Crippen MR) is 82.3 cm³/mol. The molecule has 0 N–H and O–H groups in total. The highest BCUT2D eigenvalue weighted by Crippen LogP contribution is 2.48. The summed E-state index contributed by atoms with van der Waals surface area (Å²) >= 11 is 0. The molecule has 2 rings (SSSR count). The summed E-state index contributed by atoms with van der Waals surface area (Å²) in [4.78, 5) is 0. The molecule has 0 spiro atoms. The first-order valence-electron chi connectivity index (χ1n) is 8.76. The molecule has 4 atom stereocenters. The molecule has 0 aromatic heterocycles. The Labute approximate surface area is 120 Å². The van der Waals surface area contributed by atoms with Gasteiger partial charge in [0.2, 0.25) is 0 Å². The van der Waals surface area contributed by atoms with Crippen LogP contribution in [0.2, 0.25) is 0 Å². The van der Waals surface area contributed by atoms with Crippen LogP contribution in [0.3, 0.4) is 0 Å². The Kier molecular flexibility index (Phi) is 5.74. The van der Waals surface area contributed by atoms with Gasteiger partial charge in [-0.1, -0.05) is 59.3 Å². The molecule has 1 aliphatic heterocycles. The Morgan fingerprint density at radius 2 is 1.84 bits per heavy atom. The molecule has 2 aliphatic rings. The first-order chi connectivity index (χ1) is 9.14. The molecule has 0 aromatic rings. The molecular weight excluding hydrogens is 232 g/mol. The first-order valence-corrected chi connectivity index (χ1v) is 8.76. The van der Waals surface area contributed by atoms with E-state index in [2.05, 4.69) is 20.8 Å². The lowest BCUT2D eigenvalue weighted by Crippen LogP contribution is -2.34. The van der Waals surface area contributed by atoms with E-state index in [1.165, 1.54) is 64.2 Å². The summed E-state index contributed by atoms with van der Waals surface area (Å²) in [6.07, 6.45) is 14.8. The minimum atomic E-state index is 0.579. The predicted octanol–water partition coefficient (Wildman–Crippen LogP) is 5.58. The van der Waals surface area contributed by atoms with Gasteiger partial charge in [0.25, 0.3) is 0 Å². The van der Waals surface area contributed by atoms with Gasteiger partial charge in [-0.15, -0.1) is 0 Å². The van der Waals surface area contributed by atoms with Gasteiger partial charge in [-0.05, 0) is 42.9 Å². The van der Waals surface area contributed by atoms with Gasteiger partial charge in [0.1, 0.15) is 0 Å². The van der Waals surface area contributed by atoms with E-state index in [4.69, 9.17) is 4.74 Å². The fourth-order valence-electron chi connectivity index (χ4n) is 4.23.